The third kappa shape index (κ3) is 5.44. The van der Waals surface area contributed by atoms with Crippen LogP contribution in [-0.4, -0.2) is 41.3 Å². The molecule has 198 valence electrons. The number of amides is 1. The average molecular weight is 546 g/mol. The van der Waals surface area contributed by atoms with Gasteiger partial charge in [0.2, 0.25) is 5.96 Å². The minimum Gasteiger partial charge on any atom is -0.423 e. The Hall–Kier alpha value is -4.74. The van der Waals surface area contributed by atoms with Crippen molar-refractivity contribution < 1.29 is 18.7 Å². The van der Waals surface area contributed by atoms with Gasteiger partial charge in [-0.2, -0.15) is 4.98 Å². The second-order valence-electron chi connectivity index (χ2n) is 8.64. The lowest BCUT2D eigenvalue weighted by molar-refractivity contribution is -0.113. The van der Waals surface area contributed by atoms with Crippen LogP contribution in [-0.2, 0) is 9.53 Å². The van der Waals surface area contributed by atoms with Crippen molar-refractivity contribution >= 4 is 57.9 Å². The molecule has 0 aliphatic carbocycles. The van der Waals surface area contributed by atoms with Crippen LogP contribution in [0.1, 0.15) is 28.9 Å². The highest BCUT2D eigenvalue weighted by molar-refractivity contribution is 6.31. The van der Waals surface area contributed by atoms with E-state index in [1.807, 2.05) is 6.07 Å². The summed E-state index contributed by atoms with van der Waals surface area (Å²) in [7, 11) is 1.44. The fourth-order valence-electron chi connectivity index (χ4n) is 4.15. The van der Waals surface area contributed by atoms with Crippen molar-refractivity contribution in [3.8, 4) is 0 Å². The Morgan fingerprint density at radius 1 is 1.18 bits per heavy atom. The topological polar surface area (TPSA) is 157 Å². The van der Waals surface area contributed by atoms with Crippen molar-refractivity contribution in [2.75, 3.05) is 30.1 Å². The molecule has 0 fully saturated rings. The number of aromatic nitrogens is 2. The van der Waals surface area contributed by atoms with E-state index in [2.05, 4.69) is 25.9 Å². The van der Waals surface area contributed by atoms with E-state index >= 15 is 0 Å². The molecule has 12 heteroatoms. The number of para-hydroxylation sites is 1. The number of pyridine rings is 1. The number of fused-ring (bicyclic) bond motifs is 1. The van der Waals surface area contributed by atoms with Gasteiger partial charge in [-0.1, -0.05) is 35.9 Å². The Morgan fingerprint density at radius 2 is 2.00 bits per heavy atom. The molecule has 1 unspecified atom stereocenters. The summed E-state index contributed by atoms with van der Waals surface area (Å²) in [6, 6.07) is 14.8. The molecule has 2 aromatic heterocycles. The first kappa shape index (κ1) is 25.9. The van der Waals surface area contributed by atoms with Crippen molar-refractivity contribution in [2.24, 2.45) is 4.99 Å². The minimum absolute atomic E-state index is 0.0860. The van der Waals surface area contributed by atoms with Crippen LogP contribution in [0, 0.1) is 0 Å². The number of ketones is 1. The van der Waals surface area contributed by atoms with Crippen LogP contribution in [0.4, 0.5) is 17.5 Å². The highest BCUT2D eigenvalue weighted by Gasteiger charge is 2.31. The van der Waals surface area contributed by atoms with E-state index in [0.717, 1.165) is 0 Å². The predicted octanol–water partition coefficient (Wildman–Crippen LogP) is 4.31. The van der Waals surface area contributed by atoms with Gasteiger partial charge in [0.1, 0.15) is 24.0 Å². The summed E-state index contributed by atoms with van der Waals surface area (Å²) in [4.78, 5) is 39.1. The van der Waals surface area contributed by atoms with Gasteiger partial charge in [0.05, 0.1) is 11.3 Å². The molecule has 39 heavy (non-hydrogen) atoms. The van der Waals surface area contributed by atoms with Gasteiger partial charge in [0.15, 0.2) is 11.4 Å². The number of methoxy groups -OCH3 is 1. The lowest BCUT2D eigenvalue weighted by atomic mass is 9.95. The molecule has 11 nitrogen and oxygen atoms in total. The molecule has 1 atom stereocenters. The Morgan fingerprint density at radius 3 is 2.77 bits per heavy atom. The fourth-order valence-corrected chi connectivity index (χ4v) is 4.39. The number of nitrogen functional groups attached to an aromatic ring is 1. The number of carbonyl (C=O) groups is 2. The van der Waals surface area contributed by atoms with Gasteiger partial charge in [0, 0.05) is 35.2 Å². The normalized spacial score (nSPS) is 15.1. The molecule has 1 aliphatic rings. The molecule has 1 amide bonds. The summed E-state index contributed by atoms with van der Waals surface area (Å²) < 4.78 is 10.7. The highest BCUT2D eigenvalue weighted by Crippen LogP contribution is 2.35. The molecule has 0 saturated heterocycles. The van der Waals surface area contributed by atoms with Crippen molar-refractivity contribution in [2.45, 2.75) is 13.0 Å². The summed E-state index contributed by atoms with van der Waals surface area (Å²) in [5.74, 6) is -0.201. The van der Waals surface area contributed by atoms with Crippen LogP contribution in [0.3, 0.4) is 0 Å². The van der Waals surface area contributed by atoms with E-state index in [-0.39, 0.29) is 24.2 Å². The SMILES string of the molecule is COCC(=O)c1ccnc(NC(=O)C2=C(C)NC(Nc3nc4c(N)cccc4o3)=NC2c2ccccc2Cl)c1. The van der Waals surface area contributed by atoms with Gasteiger partial charge in [-0.25, -0.2) is 9.98 Å². The maximum Gasteiger partial charge on any atom is 0.302 e. The predicted molar refractivity (Wildman–Crippen MR) is 149 cm³/mol. The number of Topliss-reactive ketones (excluding diaryl/α,β-unsaturated/α-hetero) is 1. The van der Waals surface area contributed by atoms with E-state index in [1.54, 1.807) is 49.4 Å². The van der Waals surface area contributed by atoms with Gasteiger partial charge in [0.25, 0.3) is 5.91 Å². The summed E-state index contributed by atoms with van der Waals surface area (Å²) in [6.07, 6.45) is 1.44. The number of hydrogen-bond acceptors (Lipinski definition) is 10. The van der Waals surface area contributed by atoms with Crippen LogP contribution in [0.5, 0.6) is 0 Å². The molecule has 4 aromatic rings. The van der Waals surface area contributed by atoms with Gasteiger partial charge >= 0.3 is 6.01 Å². The van der Waals surface area contributed by atoms with Gasteiger partial charge in [-0.3, -0.25) is 14.9 Å². The zero-order chi connectivity index (χ0) is 27.5. The molecular formula is C27H24ClN7O4. The highest BCUT2D eigenvalue weighted by atomic mass is 35.5. The van der Waals surface area contributed by atoms with Crippen LogP contribution in [0.25, 0.3) is 11.1 Å². The Labute approximate surface area is 228 Å². The van der Waals surface area contributed by atoms with Gasteiger partial charge < -0.3 is 25.5 Å². The number of guanidine groups is 1. The minimum atomic E-state index is -0.782. The zero-order valence-corrected chi connectivity index (χ0v) is 21.7. The standard InChI is InChI=1S/C27H24ClN7O4/c1-14-22(25(37)32-21-12-15(10-11-30-21)19(36)13-38-2)23(16-6-3-4-7-17(16)28)33-26(31-14)35-27-34-24-18(29)8-5-9-20(24)39-27/h3-12,23H,13,29H2,1-2H3,(H,30,32,37)(H2,31,33,34,35). The zero-order valence-electron chi connectivity index (χ0n) is 21.0. The van der Waals surface area contributed by atoms with E-state index in [1.165, 1.54) is 19.4 Å². The van der Waals surface area contributed by atoms with Crippen molar-refractivity contribution in [3.63, 3.8) is 0 Å². The summed E-state index contributed by atoms with van der Waals surface area (Å²) in [6.45, 7) is 1.66. The number of nitrogens with two attached hydrogens (primary N) is 1. The second kappa shape index (κ2) is 10.9. The Kier molecular flexibility index (Phi) is 7.26. The third-order valence-electron chi connectivity index (χ3n) is 5.96. The lowest BCUT2D eigenvalue weighted by Crippen LogP contribution is -2.37. The third-order valence-corrected chi connectivity index (χ3v) is 6.30. The summed E-state index contributed by atoms with van der Waals surface area (Å²) in [5.41, 5.74) is 9.32. The molecule has 2 aromatic carbocycles. The maximum absolute atomic E-state index is 13.6. The lowest BCUT2D eigenvalue weighted by Gasteiger charge is -2.26. The van der Waals surface area contributed by atoms with E-state index < -0.39 is 11.9 Å². The van der Waals surface area contributed by atoms with Crippen molar-refractivity contribution in [1.29, 1.82) is 0 Å². The molecule has 0 saturated carbocycles. The smallest absolute Gasteiger partial charge is 0.302 e. The molecule has 1 aliphatic heterocycles. The second-order valence-corrected chi connectivity index (χ2v) is 9.05. The molecule has 5 rings (SSSR count). The molecule has 0 radical (unpaired) electrons. The molecule has 3 heterocycles. The maximum atomic E-state index is 13.6. The number of halogens is 1. The fraction of sp³-hybridized carbons (Fsp3) is 0.148. The number of aliphatic imine (C=N–C) groups is 1. The first-order valence-corrected chi connectivity index (χ1v) is 12.2. The average Bonchev–Trinajstić information content (AvgIpc) is 3.32. The number of hydrogen-bond donors (Lipinski definition) is 4. The first-order valence-electron chi connectivity index (χ1n) is 11.9. The number of benzene rings is 2. The quantitative estimate of drug-likeness (QED) is 0.196. The van der Waals surface area contributed by atoms with Gasteiger partial charge in [-0.15, -0.1) is 0 Å². The van der Waals surface area contributed by atoms with E-state index in [9.17, 15) is 9.59 Å². The number of carbonyl (C=O) groups excluding carboxylic acids is 2. The van der Waals surface area contributed by atoms with Crippen molar-refractivity contribution in [1.82, 2.24) is 15.3 Å². The van der Waals surface area contributed by atoms with Crippen LogP contribution >= 0.6 is 11.6 Å². The number of oxazole rings is 1. The van der Waals surface area contributed by atoms with Crippen LogP contribution < -0.4 is 21.7 Å². The number of nitrogens with one attached hydrogen (secondary N) is 3. The largest absolute Gasteiger partial charge is 0.423 e. The Bertz CT molecular complexity index is 1650. The number of allylic oxidation sites excluding steroid dienone is 1. The summed E-state index contributed by atoms with van der Waals surface area (Å²) in [5, 5.41) is 9.33. The monoisotopic (exact) mass is 545 g/mol. The summed E-state index contributed by atoms with van der Waals surface area (Å²) >= 11 is 6.53. The Balaban J connectivity index is 1.46. The van der Waals surface area contributed by atoms with Crippen LogP contribution in [0.15, 0.2) is 81.5 Å². The number of nitrogens with zero attached hydrogens (tertiary/aromatic N) is 3. The molecule has 5 N–H and O–H groups in total. The number of anilines is 3. The molecular weight excluding hydrogens is 522 g/mol. The van der Waals surface area contributed by atoms with Crippen molar-refractivity contribution in [3.05, 3.63) is 88.2 Å². The van der Waals surface area contributed by atoms with E-state index in [4.69, 9.17) is 31.5 Å². The number of rotatable bonds is 7. The molecule has 0 spiro atoms. The first-order chi connectivity index (χ1) is 18.8. The number of ether oxygens (including phenoxy) is 1. The van der Waals surface area contributed by atoms with Crippen LogP contribution in [0.2, 0.25) is 5.02 Å². The molecule has 0 bridgehead atoms. The van der Waals surface area contributed by atoms with Gasteiger partial charge in [-0.05, 0) is 37.3 Å². The van der Waals surface area contributed by atoms with E-state index in [0.29, 0.717) is 50.2 Å².